The van der Waals surface area contributed by atoms with Crippen LogP contribution in [0.1, 0.15) is 78.6 Å². The van der Waals surface area contributed by atoms with Gasteiger partial charge >= 0.3 is 118 Å². The van der Waals surface area contributed by atoms with Gasteiger partial charge in [0.15, 0.2) is 0 Å². The second-order valence-corrected chi connectivity index (χ2v) is 21.8. The average molecular weight is 368 g/mol. The van der Waals surface area contributed by atoms with Gasteiger partial charge in [-0.25, -0.2) is 0 Å². The van der Waals surface area contributed by atoms with Crippen LogP contribution in [0.25, 0.3) is 0 Å². The molecule has 17 heavy (non-hydrogen) atoms. The molecule has 0 aromatic rings. The van der Waals surface area contributed by atoms with Crippen LogP contribution in [-0.4, -0.2) is 17.3 Å². The first-order chi connectivity index (χ1) is 8.18. The van der Waals surface area contributed by atoms with Gasteiger partial charge < -0.3 is 0 Å². The van der Waals surface area contributed by atoms with Crippen LogP contribution >= 0.6 is 8.92 Å². The predicted molar refractivity (Wildman–Crippen MR) is 84.6 cm³/mol. The topological polar surface area (TPSA) is 0 Å². The first kappa shape index (κ1) is 18.1. The molecule has 0 aromatic carbocycles. The van der Waals surface area contributed by atoms with Crippen LogP contribution in [0.4, 0.5) is 0 Å². The first-order valence-electron chi connectivity index (χ1n) is 7.87. The minimum atomic E-state index is -2.16. The molecule has 0 nitrogen and oxygen atoms in total. The van der Waals surface area contributed by atoms with E-state index in [1.165, 1.54) is 71.1 Å². The van der Waals surface area contributed by atoms with Gasteiger partial charge in [-0.3, -0.25) is 0 Å². The molecular weight excluding hydrogens is 334 g/mol. The van der Waals surface area contributed by atoms with Crippen LogP contribution in [0.15, 0.2) is 0 Å². The van der Waals surface area contributed by atoms with Crippen molar-refractivity contribution in [1.29, 1.82) is 0 Å². The second kappa shape index (κ2) is 12.1. The average Bonchev–Trinajstić information content (AvgIpc) is 2.30. The number of unbranched alkanes of at least 4 members (excludes halogenated alkanes) is 6. The maximum atomic E-state index is 7.06. The Kier molecular flexibility index (Phi) is 12.9. The van der Waals surface area contributed by atoms with Gasteiger partial charge in [0.2, 0.25) is 0 Å². The van der Waals surface area contributed by atoms with Crippen molar-refractivity contribution in [3.8, 4) is 0 Å². The summed E-state index contributed by atoms with van der Waals surface area (Å²) in [6.45, 7) is 6.87. The van der Waals surface area contributed by atoms with Crippen molar-refractivity contribution >= 4 is 26.2 Å². The zero-order chi connectivity index (χ0) is 13.0. The van der Waals surface area contributed by atoms with Gasteiger partial charge in [-0.1, -0.05) is 0 Å². The zero-order valence-electron chi connectivity index (χ0n) is 12.4. The number of hydrogen-bond donors (Lipinski definition) is 0. The van der Waals surface area contributed by atoms with Crippen molar-refractivity contribution in [1.82, 2.24) is 0 Å². The van der Waals surface area contributed by atoms with E-state index in [4.69, 9.17) is 8.92 Å². The summed E-state index contributed by atoms with van der Waals surface area (Å²) >= 11 is -2.16. The quantitative estimate of drug-likeness (QED) is 0.265. The molecule has 104 valence electrons. The van der Waals surface area contributed by atoms with Crippen LogP contribution in [-0.2, 0) is 0 Å². The van der Waals surface area contributed by atoms with Crippen LogP contribution in [0.2, 0.25) is 13.3 Å². The van der Waals surface area contributed by atoms with Crippen LogP contribution < -0.4 is 0 Å². The molecule has 0 saturated heterocycles. The van der Waals surface area contributed by atoms with Crippen molar-refractivity contribution in [3.63, 3.8) is 0 Å². The third kappa shape index (κ3) is 10.7. The Bertz CT molecular complexity index is 132. The van der Waals surface area contributed by atoms with Crippen molar-refractivity contribution in [2.45, 2.75) is 91.9 Å². The van der Waals surface area contributed by atoms with Crippen LogP contribution in [0.3, 0.4) is 0 Å². The molecule has 0 aromatic heterocycles. The van der Waals surface area contributed by atoms with E-state index in [-0.39, 0.29) is 0 Å². The molecule has 0 radical (unpaired) electrons. The van der Waals surface area contributed by atoms with E-state index >= 15 is 0 Å². The molecule has 0 heterocycles. The second-order valence-electron chi connectivity index (χ2n) is 5.52. The van der Waals surface area contributed by atoms with E-state index in [2.05, 4.69) is 20.8 Å². The fraction of sp³-hybridized carbons (Fsp3) is 1.00. The molecule has 0 bridgehead atoms. The van der Waals surface area contributed by atoms with Gasteiger partial charge in [0.25, 0.3) is 0 Å². The Balaban J connectivity index is 3.95. The fourth-order valence-electron chi connectivity index (χ4n) is 2.45. The number of halogens is 1. The summed E-state index contributed by atoms with van der Waals surface area (Å²) in [7, 11) is 7.06. The Morgan fingerprint density at radius 3 is 1.12 bits per heavy atom. The van der Waals surface area contributed by atoms with Crippen molar-refractivity contribution in [2.75, 3.05) is 0 Å². The summed E-state index contributed by atoms with van der Waals surface area (Å²) in [4.78, 5) is 0. The summed E-state index contributed by atoms with van der Waals surface area (Å²) in [5.41, 5.74) is 0. The molecule has 2 heteroatoms. The Morgan fingerprint density at radius 2 is 0.882 bits per heavy atom. The Morgan fingerprint density at radius 1 is 0.588 bits per heavy atom. The van der Waals surface area contributed by atoms with Gasteiger partial charge in [-0.15, -0.1) is 0 Å². The van der Waals surface area contributed by atoms with Gasteiger partial charge in [0.05, 0.1) is 0 Å². The van der Waals surface area contributed by atoms with Crippen LogP contribution in [0.5, 0.6) is 0 Å². The predicted octanol–water partition coefficient (Wildman–Crippen LogP) is 6.74. The summed E-state index contributed by atoms with van der Waals surface area (Å²) in [5, 5.41) is 0. The van der Waals surface area contributed by atoms with E-state index < -0.39 is 17.3 Å². The van der Waals surface area contributed by atoms with Gasteiger partial charge in [0.1, 0.15) is 0 Å². The van der Waals surface area contributed by atoms with Crippen molar-refractivity contribution in [2.24, 2.45) is 0 Å². The molecule has 0 unspecified atom stereocenters. The molecule has 0 aliphatic carbocycles. The standard InChI is InChI=1S/3C5H11.ClH.Sn/c3*1-3-5-4-2;;/h3*1,3-5H2,2H3;1H;/q;;;;+1/p-1. The Hall–Kier alpha value is 1.09. The molecule has 0 rings (SSSR count). The molecule has 0 aliphatic heterocycles. The molecule has 0 atom stereocenters. The third-order valence-corrected chi connectivity index (χ3v) is 18.2. The molecule has 0 saturated carbocycles. The summed E-state index contributed by atoms with van der Waals surface area (Å²) in [6.07, 6.45) is 12.4. The molecule has 0 amide bonds. The van der Waals surface area contributed by atoms with E-state index in [1.807, 2.05) is 0 Å². The first-order valence-corrected chi connectivity index (χ1v) is 17.5. The molecule has 0 aliphatic rings. The van der Waals surface area contributed by atoms with Gasteiger partial charge in [-0.05, 0) is 0 Å². The minimum absolute atomic E-state index is 1.34. The summed E-state index contributed by atoms with van der Waals surface area (Å²) < 4.78 is 4.33. The van der Waals surface area contributed by atoms with Crippen LogP contribution in [0, 0.1) is 0 Å². The molecule has 0 fully saturated rings. The number of rotatable bonds is 12. The van der Waals surface area contributed by atoms with Gasteiger partial charge in [0, 0.05) is 0 Å². The fourth-order valence-corrected chi connectivity index (χ4v) is 14.8. The summed E-state index contributed by atoms with van der Waals surface area (Å²) in [5.74, 6) is 0. The Labute approximate surface area is 117 Å². The molecule has 0 N–H and O–H groups in total. The zero-order valence-corrected chi connectivity index (χ0v) is 16.0. The van der Waals surface area contributed by atoms with E-state index in [0.29, 0.717) is 0 Å². The normalized spacial score (nSPS) is 12.0. The maximum absolute atomic E-state index is 7.06. The monoisotopic (exact) mass is 368 g/mol. The molecule has 0 spiro atoms. The van der Waals surface area contributed by atoms with Crippen molar-refractivity contribution < 1.29 is 0 Å². The van der Waals surface area contributed by atoms with E-state index in [9.17, 15) is 0 Å². The number of hydrogen-bond acceptors (Lipinski definition) is 0. The van der Waals surface area contributed by atoms with Crippen molar-refractivity contribution in [3.05, 3.63) is 0 Å². The summed E-state index contributed by atoms with van der Waals surface area (Å²) in [6, 6.07) is 0. The van der Waals surface area contributed by atoms with E-state index in [0.717, 1.165) is 0 Å². The SMILES string of the molecule is CCCC[CH2][Sn]([Cl])([CH2]CCCC)[CH2]CCCC. The third-order valence-electron chi connectivity index (χ3n) is 3.69. The van der Waals surface area contributed by atoms with E-state index in [1.54, 1.807) is 0 Å². The molecular formula is C15H33ClSn. The van der Waals surface area contributed by atoms with Gasteiger partial charge in [-0.2, -0.15) is 0 Å².